The minimum absolute atomic E-state index is 0.110. The molecule has 0 bridgehead atoms. The van der Waals surface area contributed by atoms with Crippen LogP contribution in [0.1, 0.15) is 22.7 Å². The summed E-state index contributed by atoms with van der Waals surface area (Å²) in [6, 6.07) is 17.3. The molecule has 0 radical (unpaired) electrons. The number of rotatable bonds is 5. The first-order chi connectivity index (χ1) is 12.6. The standard InChI is InChI=1S/C21H27N3O2/c1-23(2)19-10-8-17(9-11-19)20(14-22-21(25)26-3)24-13-12-16-6-4-5-7-18(16)15-24/h4-11,20H,12-15H2,1-3H3,(H,22,25)/t20-/m0/s1. The molecule has 1 aliphatic rings. The van der Waals surface area contributed by atoms with Crippen LogP contribution in [0.15, 0.2) is 48.5 Å². The Balaban J connectivity index is 1.82. The van der Waals surface area contributed by atoms with Crippen LogP contribution in [-0.2, 0) is 17.7 Å². The highest BCUT2D eigenvalue weighted by Crippen LogP contribution is 2.28. The number of nitrogens with one attached hydrogen (secondary N) is 1. The Bertz CT molecular complexity index is 743. The lowest BCUT2D eigenvalue weighted by Gasteiger charge is -2.36. The number of anilines is 1. The van der Waals surface area contributed by atoms with Crippen LogP contribution in [0.3, 0.4) is 0 Å². The third-order valence-corrected chi connectivity index (χ3v) is 5.02. The van der Waals surface area contributed by atoms with Crippen molar-refractivity contribution in [2.75, 3.05) is 39.2 Å². The fraction of sp³-hybridized carbons (Fsp3) is 0.381. The second-order valence-electron chi connectivity index (χ2n) is 6.86. The molecule has 2 aromatic carbocycles. The van der Waals surface area contributed by atoms with E-state index in [0.717, 1.165) is 25.2 Å². The van der Waals surface area contributed by atoms with Gasteiger partial charge in [0.25, 0.3) is 0 Å². The van der Waals surface area contributed by atoms with Crippen LogP contribution in [0.4, 0.5) is 10.5 Å². The molecule has 26 heavy (non-hydrogen) atoms. The highest BCUT2D eigenvalue weighted by Gasteiger charge is 2.25. The molecule has 0 spiro atoms. The number of benzene rings is 2. The van der Waals surface area contributed by atoms with Gasteiger partial charge in [0.1, 0.15) is 0 Å². The van der Waals surface area contributed by atoms with E-state index in [-0.39, 0.29) is 6.04 Å². The highest BCUT2D eigenvalue weighted by atomic mass is 16.5. The normalized spacial score (nSPS) is 15.0. The Morgan fingerprint density at radius 3 is 2.50 bits per heavy atom. The lowest BCUT2D eigenvalue weighted by molar-refractivity contribution is 0.151. The molecule has 3 rings (SSSR count). The molecule has 1 amide bonds. The Morgan fingerprint density at radius 2 is 1.85 bits per heavy atom. The fourth-order valence-corrected chi connectivity index (χ4v) is 3.49. The zero-order valence-corrected chi connectivity index (χ0v) is 15.7. The van der Waals surface area contributed by atoms with Gasteiger partial charge in [0.2, 0.25) is 0 Å². The SMILES string of the molecule is COC(=O)NC[C@@H](c1ccc(N(C)C)cc1)N1CCc2ccccc2C1. The largest absolute Gasteiger partial charge is 0.453 e. The predicted octanol–water partition coefficient (Wildman–Crippen LogP) is 3.21. The number of hydrogen-bond acceptors (Lipinski definition) is 4. The molecule has 0 unspecified atom stereocenters. The first-order valence-corrected chi connectivity index (χ1v) is 8.98. The third-order valence-electron chi connectivity index (χ3n) is 5.02. The lowest BCUT2D eigenvalue weighted by atomic mass is 9.96. The number of fused-ring (bicyclic) bond motifs is 1. The summed E-state index contributed by atoms with van der Waals surface area (Å²) in [5, 5.41) is 2.88. The molecule has 0 saturated heterocycles. The van der Waals surface area contributed by atoms with Crippen LogP contribution in [0.2, 0.25) is 0 Å². The summed E-state index contributed by atoms with van der Waals surface area (Å²) < 4.78 is 4.76. The Hall–Kier alpha value is -2.53. The van der Waals surface area contributed by atoms with Crippen molar-refractivity contribution in [2.24, 2.45) is 0 Å². The van der Waals surface area contributed by atoms with Gasteiger partial charge in [-0.05, 0) is 35.2 Å². The molecule has 138 valence electrons. The molecule has 5 heteroatoms. The van der Waals surface area contributed by atoms with Gasteiger partial charge in [-0.15, -0.1) is 0 Å². The fourth-order valence-electron chi connectivity index (χ4n) is 3.49. The van der Waals surface area contributed by atoms with Crippen LogP contribution in [0, 0.1) is 0 Å². The molecule has 1 N–H and O–H groups in total. The number of nitrogens with zero attached hydrogens (tertiary/aromatic N) is 2. The van der Waals surface area contributed by atoms with Crippen molar-refractivity contribution in [3.63, 3.8) is 0 Å². The van der Waals surface area contributed by atoms with Crippen LogP contribution < -0.4 is 10.2 Å². The average Bonchev–Trinajstić information content (AvgIpc) is 2.68. The van der Waals surface area contributed by atoms with Gasteiger partial charge < -0.3 is 15.0 Å². The molecular formula is C21H27N3O2. The molecule has 1 atom stereocenters. The molecule has 1 heterocycles. The molecule has 0 aliphatic carbocycles. The maximum Gasteiger partial charge on any atom is 0.406 e. The van der Waals surface area contributed by atoms with E-state index in [1.54, 1.807) is 0 Å². The third kappa shape index (κ3) is 4.17. The molecule has 0 saturated carbocycles. The van der Waals surface area contributed by atoms with E-state index in [4.69, 9.17) is 4.74 Å². The molecular weight excluding hydrogens is 326 g/mol. The number of ether oxygens (including phenoxy) is 1. The highest BCUT2D eigenvalue weighted by molar-refractivity contribution is 5.67. The lowest BCUT2D eigenvalue weighted by Crippen LogP contribution is -2.40. The molecule has 5 nitrogen and oxygen atoms in total. The zero-order valence-electron chi connectivity index (χ0n) is 15.7. The van der Waals surface area contributed by atoms with Gasteiger partial charge in [-0.3, -0.25) is 4.90 Å². The van der Waals surface area contributed by atoms with E-state index in [9.17, 15) is 4.79 Å². The zero-order chi connectivity index (χ0) is 18.5. The van der Waals surface area contributed by atoms with Gasteiger partial charge in [-0.25, -0.2) is 4.79 Å². The van der Waals surface area contributed by atoms with E-state index >= 15 is 0 Å². The Morgan fingerprint density at radius 1 is 1.15 bits per heavy atom. The topological polar surface area (TPSA) is 44.8 Å². The first-order valence-electron chi connectivity index (χ1n) is 8.98. The number of alkyl carbamates (subject to hydrolysis) is 1. The van der Waals surface area contributed by atoms with E-state index in [2.05, 4.69) is 63.6 Å². The average molecular weight is 353 g/mol. The van der Waals surface area contributed by atoms with Gasteiger partial charge in [0, 0.05) is 39.4 Å². The summed E-state index contributed by atoms with van der Waals surface area (Å²) in [4.78, 5) is 16.1. The maximum atomic E-state index is 11.6. The predicted molar refractivity (Wildman–Crippen MR) is 104 cm³/mol. The van der Waals surface area contributed by atoms with Crippen molar-refractivity contribution in [1.82, 2.24) is 10.2 Å². The number of carbonyl (C=O) groups excluding carboxylic acids is 1. The van der Waals surface area contributed by atoms with E-state index < -0.39 is 6.09 Å². The summed E-state index contributed by atoms with van der Waals surface area (Å²) in [6.07, 6.45) is 0.637. The number of hydrogen-bond donors (Lipinski definition) is 1. The first kappa shape index (κ1) is 18.3. The van der Waals surface area contributed by atoms with Crippen LogP contribution in [0.5, 0.6) is 0 Å². The summed E-state index contributed by atoms with van der Waals surface area (Å²) >= 11 is 0. The van der Waals surface area contributed by atoms with Crippen molar-refractivity contribution < 1.29 is 9.53 Å². The van der Waals surface area contributed by atoms with Gasteiger partial charge in [0.15, 0.2) is 0 Å². The van der Waals surface area contributed by atoms with E-state index in [1.807, 2.05) is 14.1 Å². The Kier molecular flexibility index (Phi) is 5.78. The molecule has 2 aromatic rings. The van der Waals surface area contributed by atoms with Gasteiger partial charge >= 0.3 is 6.09 Å². The van der Waals surface area contributed by atoms with Crippen molar-refractivity contribution >= 4 is 11.8 Å². The van der Waals surface area contributed by atoms with E-state index in [0.29, 0.717) is 6.54 Å². The van der Waals surface area contributed by atoms with Crippen molar-refractivity contribution in [2.45, 2.75) is 19.0 Å². The second kappa shape index (κ2) is 8.23. The molecule has 0 aromatic heterocycles. The van der Waals surface area contributed by atoms with Gasteiger partial charge in [0.05, 0.1) is 13.2 Å². The van der Waals surface area contributed by atoms with Crippen molar-refractivity contribution in [3.8, 4) is 0 Å². The van der Waals surface area contributed by atoms with Crippen LogP contribution >= 0.6 is 0 Å². The number of methoxy groups -OCH3 is 1. The van der Waals surface area contributed by atoms with Crippen LogP contribution in [0.25, 0.3) is 0 Å². The summed E-state index contributed by atoms with van der Waals surface area (Å²) in [7, 11) is 5.47. The smallest absolute Gasteiger partial charge is 0.406 e. The number of amides is 1. The maximum absolute atomic E-state index is 11.6. The van der Waals surface area contributed by atoms with Gasteiger partial charge in [-0.1, -0.05) is 36.4 Å². The molecule has 0 fully saturated rings. The summed E-state index contributed by atoms with van der Waals surface area (Å²) in [6.45, 7) is 2.38. The summed E-state index contributed by atoms with van der Waals surface area (Å²) in [5.41, 5.74) is 5.15. The molecule has 1 aliphatic heterocycles. The number of carbonyl (C=O) groups is 1. The van der Waals surface area contributed by atoms with Gasteiger partial charge in [-0.2, -0.15) is 0 Å². The quantitative estimate of drug-likeness (QED) is 0.897. The van der Waals surface area contributed by atoms with Crippen molar-refractivity contribution in [3.05, 3.63) is 65.2 Å². The monoisotopic (exact) mass is 353 g/mol. The van der Waals surface area contributed by atoms with Crippen LogP contribution in [-0.4, -0.2) is 45.3 Å². The minimum Gasteiger partial charge on any atom is -0.453 e. The van der Waals surface area contributed by atoms with E-state index in [1.165, 1.54) is 23.8 Å². The second-order valence-corrected chi connectivity index (χ2v) is 6.86. The Labute approximate surface area is 155 Å². The summed E-state index contributed by atoms with van der Waals surface area (Å²) in [5.74, 6) is 0. The van der Waals surface area contributed by atoms with Crippen molar-refractivity contribution in [1.29, 1.82) is 0 Å². The minimum atomic E-state index is -0.391.